The van der Waals surface area contributed by atoms with Crippen molar-refractivity contribution in [2.24, 2.45) is 5.92 Å². The molecule has 0 amide bonds. The van der Waals surface area contributed by atoms with Gasteiger partial charge in [0.2, 0.25) is 0 Å². The summed E-state index contributed by atoms with van der Waals surface area (Å²) in [5.74, 6) is -0.126. The molecule has 112 valence electrons. The lowest BCUT2D eigenvalue weighted by Gasteiger charge is -2.30. The summed E-state index contributed by atoms with van der Waals surface area (Å²) < 4.78 is 27.3. The van der Waals surface area contributed by atoms with Gasteiger partial charge >= 0.3 is 0 Å². The molecule has 1 saturated heterocycles. The van der Waals surface area contributed by atoms with Crippen LogP contribution in [0.25, 0.3) is 0 Å². The number of halogens is 2. The quantitative estimate of drug-likeness (QED) is 0.891. The summed E-state index contributed by atoms with van der Waals surface area (Å²) in [4.78, 5) is 2.41. The molecule has 1 fully saturated rings. The van der Waals surface area contributed by atoms with E-state index in [2.05, 4.69) is 17.1 Å². The molecule has 1 aromatic rings. The predicted molar refractivity (Wildman–Crippen MR) is 77.6 cm³/mol. The van der Waals surface area contributed by atoms with Gasteiger partial charge in [0, 0.05) is 24.7 Å². The topological polar surface area (TPSA) is 15.3 Å². The monoisotopic (exact) mass is 282 g/mol. The fraction of sp³-hybridized carbons (Fsp3) is 0.625. The summed E-state index contributed by atoms with van der Waals surface area (Å²) in [7, 11) is 0. The van der Waals surface area contributed by atoms with Gasteiger partial charge in [0.1, 0.15) is 11.6 Å². The van der Waals surface area contributed by atoms with Crippen LogP contribution in [0.5, 0.6) is 0 Å². The van der Waals surface area contributed by atoms with Crippen LogP contribution in [0.3, 0.4) is 0 Å². The van der Waals surface area contributed by atoms with E-state index in [1.165, 1.54) is 31.0 Å². The molecule has 1 aromatic carbocycles. The fourth-order valence-electron chi connectivity index (χ4n) is 2.75. The molecule has 0 bridgehead atoms. The van der Waals surface area contributed by atoms with E-state index >= 15 is 0 Å². The van der Waals surface area contributed by atoms with Gasteiger partial charge in [-0.25, -0.2) is 8.78 Å². The van der Waals surface area contributed by atoms with Crippen molar-refractivity contribution in [3.8, 4) is 0 Å². The Morgan fingerprint density at radius 3 is 2.45 bits per heavy atom. The summed E-state index contributed by atoms with van der Waals surface area (Å²) in [5, 5.41) is 3.22. The van der Waals surface area contributed by atoms with E-state index in [1.807, 2.05) is 0 Å². The Hall–Kier alpha value is -1.00. The van der Waals surface area contributed by atoms with Gasteiger partial charge in [-0.2, -0.15) is 0 Å². The van der Waals surface area contributed by atoms with Crippen molar-refractivity contribution < 1.29 is 8.78 Å². The van der Waals surface area contributed by atoms with Gasteiger partial charge in [0.05, 0.1) is 0 Å². The second kappa shape index (κ2) is 7.14. The Bertz CT molecular complexity index is 408. The van der Waals surface area contributed by atoms with Gasteiger partial charge in [0.15, 0.2) is 0 Å². The second-order valence-corrected chi connectivity index (χ2v) is 5.84. The zero-order valence-corrected chi connectivity index (χ0v) is 12.3. The van der Waals surface area contributed by atoms with Crippen molar-refractivity contribution in [3.05, 3.63) is 35.4 Å². The molecular weight excluding hydrogens is 258 g/mol. The molecule has 2 nitrogen and oxygen atoms in total. The average Bonchev–Trinajstić information content (AvgIpc) is 2.41. The highest BCUT2D eigenvalue weighted by molar-refractivity contribution is 5.22. The third-order valence-electron chi connectivity index (χ3n) is 4.19. The molecule has 0 saturated carbocycles. The van der Waals surface area contributed by atoms with E-state index in [4.69, 9.17) is 0 Å². The number of nitrogens with zero attached hydrogens (tertiary/aromatic N) is 1. The third-order valence-corrected chi connectivity index (χ3v) is 4.19. The molecule has 0 aliphatic carbocycles. The van der Waals surface area contributed by atoms with Crippen molar-refractivity contribution >= 4 is 0 Å². The highest BCUT2D eigenvalue weighted by Crippen LogP contribution is 2.20. The van der Waals surface area contributed by atoms with Crippen molar-refractivity contribution in [1.82, 2.24) is 10.2 Å². The van der Waals surface area contributed by atoms with Crippen LogP contribution in [-0.2, 0) is 0 Å². The highest BCUT2D eigenvalue weighted by atomic mass is 19.1. The maximum absolute atomic E-state index is 13.6. The first-order valence-electron chi connectivity index (χ1n) is 7.47. The van der Waals surface area contributed by atoms with Crippen LogP contribution in [0.2, 0.25) is 0 Å². The number of hydrogen-bond acceptors (Lipinski definition) is 2. The predicted octanol–water partition coefficient (Wildman–Crippen LogP) is 3.35. The van der Waals surface area contributed by atoms with Crippen LogP contribution in [0.15, 0.2) is 18.2 Å². The van der Waals surface area contributed by atoms with Crippen LogP contribution in [-0.4, -0.2) is 31.1 Å². The van der Waals surface area contributed by atoms with E-state index in [0.29, 0.717) is 0 Å². The second-order valence-electron chi connectivity index (χ2n) is 5.84. The Morgan fingerprint density at radius 2 is 1.85 bits per heavy atom. The first-order chi connectivity index (χ1) is 9.58. The molecule has 2 rings (SSSR count). The number of likely N-dealkylation sites (tertiary alicyclic amines) is 1. The minimum absolute atomic E-state index is 0.139. The molecule has 1 atom stereocenters. The van der Waals surface area contributed by atoms with E-state index in [1.54, 1.807) is 6.92 Å². The minimum Gasteiger partial charge on any atom is -0.309 e. The molecular formula is C16H24F2N2. The normalized spacial score (nSPS) is 19.2. The summed E-state index contributed by atoms with van der Waals surface area (Å²) in [6.45, 7) is 8.05. The van der Waals surface area contributed by atoms with Crippen LogP contribution in [0.4, 0.5) is 8.78 Å². The minimum atomic E-state index is -0.475. The molecule has 0 spiro atoms. The molecule has 1 N–H and O–H groups in total. The standard InChI is InChI=1S/C16H24F2N2/c1-12-6-9-20(10-7-12)11-8-19-13(2)16-14(17)4-3-5-15(16)18/h3-5,12-13,19H,6-11H2,1-2H3. The zero-order chi connectivity index (χ0) is 14.5. The Kier molecular flexibility index (Phi) is 5.49. The largest absolute Gasteiger partial charge is 0.309 e. The van der Waals surface area contributed by atoms with Crippen molar-refractivity contribution in [2.45, 2.75) is 32.7 Å². The van der Waals surface area contributed by atoms with Crippen LogP contribution in [0.1, 0.15) is 38.3 Å². The zero-order valence-electron chi connectivity index (χ0n) is 12.3. The Labute approximate surface area is 120 Å². The van der Waals surface area contributed by atoms with E-state index in [9.17, 15) is 8.78 Å². The highest BCUT2D eigenvalue weighted by Gasteiger charge is 2.17. The lowest BCUT2D eigenvalue weighted by atomic mass is 9.99. The molecule has 0 aromatic heterocycles. The maximum Gasteiger partial charge on any atom is 0.130 e. The number of nitrogens with one attached hydrogen (secondary N) is 1. The molecule has 1 heterocycles. The summed E-state index contributed by atoms with van der Waals surface area (Å²) in [6.07, 6.45) is 2.50. The van der Waals surface area contributed by atoms with Gasteiger partial charge in [-0.05, 0) is 50.9 Å². The number of benzene rings is 1. The summed E-state index contributed by atoms with van der Waals surface area (Å²) >= 11 is 0. The van der Waals surface area contributed by atoms with Crippen molar-refractivity contribution in [1.29, 1.82) is 0 Å². The lowest BCUT2D eigenvalue weighted by Crippen LogP contribution is -2.38. The molecule has 0 radical (unpaired) electrons. The van der Waals surface area contributed by atoms with Gasteiger partial charge in [-0.1, -0.05) is 13.0 Å². The maximum atomic E-state index is 13.6. The van der Waals surface area contributed by atoms with E-state index in [-0.39, 0.29) is 11.6 Å². The molecule has 1 unspecified atom stereocenters. The molecule has 4 heteroatoms. The lowest BCUT2D eigenvalue weighted by molar-refractivity contribution is 0.191. The Balaban J connectivity index is 1.79. The van der Waals surface area contributed by atoms with Crippen LogP contribution >= 0.6 is 0 Å². The molecule has 20 heavy (non-hydrogen) atoms. The molecule has 1 aliphatic rings. The third kappa shape index (κ3) is 4.00. The summed E-state index contributed by atoms with van der Waals surface area (Å²) in [5.41, 5.74) is 0.139. The number of rotatable bonds is 5. The van der Waals surface area contributed by atoms with Crippen LogP contribution in [0, 0.1) is 17.6 Å². The summed E-state index contributed by atoms with van der Waals surface area (Å²) in [6, 6.07) is 3.71. The van der Waals surface area contributed by atoms with Crippen molar-refractivity contribution in [2.75, 3.05) is 26.2 Å². The first-order valence-corrected chi connectivity index (χ1v) is 7.47. The fourth-order valence-corrected chi connectivity index (χ4v) is 2.75. The molecule has 1 aliphatic heterocycles. The average molecular weight is 282 g/mol. The number of piperidine rings is 1. The smallest absolute Gasteiger partial charge is 0.130 e. The van der Waals surface area contributed by atoms with Gasteiger partial charge < -0.3 is 10.2 Å². The number of hydrogen-bond donors (Lipinski definition) is 1. The van der Waals surface area contributed by atoms with Crippen LogP contribution < -0.4 is 5.32 Å². The van der Waals surface area contributed by atoms with Gasteiger partial charge in [0.25, 0.3) is 0 Å². The van der Waals surface area contributed by atoms with Gasteiger partial charge in [-0.15, -0.1) is 0 Å². The SMILES string of the molecule is CC1CCN(CCNC(C)c2c(F)cccc2F)CC1. The van der Waals surface area contributed by atoms with Crippen molar-refractivity contribution in [3.63, 3.8) is 0 Å². The van der Waals surface area contributed by atoms with E-state index < -0.39 is 11.6 Å². The first kappa shape index (κ1) is 15.4. The van der Waals surface area contributed by atoms with E-state index in [0.717, 1.165) is 32.1 Å². The Morgan fingerprint density at radius 1 is 1.25 bits per heavy atom. The van der Waals surface area contributed by atoms with Gasteiger partial charge in [-0.3, -0.25) is 0 Å².